The first-order valence-corrected chi connectivity index (χ1v) is 3.99. The normalized spacial score (nSPS) is 11.6. The lowest BCUT2D eigenvalue weighted by Crippen LogP contribution is -2.13. The van der Waals surface area contributed by atoms with Crippen LogP contribution in [-0.4, -0.2) is 11.9 Å². The molecule has 1 unspecified atom stereocenters. The molecule has 0 fully saturated rings. The first-order valence-electron chi connectivity index (χ1n) is 3.17. The van der Waals surface area contributed by atoms with Gasteiger partial charge in [-0.25, -0.2) is 0 Å². The maximum Gasteiger partial charge on any atom is 0.137 e. The molecule has 0 aromatic heterocycles. The second-order valence-corrected chi connectivity index (χ2v) is 3.89. The monoisotopic (exact) mass is 146 g/mol. The maximum absolute atomic E-state index is 10.8. The fraction of sp³-hybridized carbons (Fsp3) is 0.857. The number of hydrogen-bond acceptors (Lipinski definition) is 1. The lowest BCUT2D eigenvalue weighted by molar-refractivity contribution is -0.118. The van der Waals surface area contributed by atoms with Crippen LogP contribution in [0.15, 0.2) is 0 Å². The predicted molar refractivity (Wildman–Crippen MR) is 43.7 cm³/mol. The molecule has 0 aliphatic rings. The Morgan fingerprint density at radius 1 is 1.44 bits per heavy atom. The highest BCUT2D eigenvalue weighted by Gasteiger charge is 2.13. The van der Waals surface area contributed by atoms with Crippen LogP contribution in [0.3, 0.4) is 0 Å². The van der Waals surface area contributed by atoms with Gasteiger partial charge >= 0.3 is 0 Å². The lowest BCUT2D eigenvalue weighted by atomic mass is 9.90. The van der Waals surface area contributed by atoms with E-state index in [1.165, 1.54) is 0 Å². The topological polar surface area (TPSA) is 17.1 Å². The second kappa shape index (κ2) is 3.31. The SMILES string of the molecule is CC(C)(C)CC(=O)CP. The van der Waals surface area contributed by atoms with Gasteiger partial charge in [0.2, 0.25) is 0 Å². The Kier molecular flexibility index (Phi) is 3.35. The molecule has 0 radical (unpaired) electrons. The molecule has 1 nitrogen and oxygen atoms in total. The van der Waals surface area contributed by atoms with E-state index in [4.69, 9.17) is 0 Å². The van der Waals surface area contributed by atoms with Crippen molar-refractivity contribution in [1.29, 1.82) is 0 Å². The van der Waals surface area contributed by atoms with Gasteiger partial charge in [-0.15, -0.1) is 9.24 Å². The van der Waals surface area contributed by atoms with Crippen LogP contribution in [0.2, 0.25) is 0 Å². The molecule has 0 bridgehead atoms. The fourth-order valence-electron chi connectivity index (χ4n) is 0.664. The summed E-state index contributed by atoms with van der Waals surface area (Å²) in [5.74, 6) is 0.326. The Hall–Kier alpha value is 0.100. The lowest BCUT2D eigenvalue weighted by Gasteiger charge is -2.15. The van der Waals surface area contributed by atoms with E-state index in [-0.39, 0.29) is 5.41 Å². The molecule has 0 aliphatic carbocycles. The van der Waals surface area contributed by atoms with Gasteiger partial charge in [-0.1, -0.05) is 20.8 Å². The van der Waals surface area contributed by atoms with Crippen LogP contribution >= 0.6 is 9.24 Å². The Balaban J connectivity index is 3.60. The smallest absolute Gasteiger partial charge is 0.137 e. The Morgan fingerprint density at radius 3 is 2.00 bits per heavy atom. The molecule has 0 spiro atoms. The Labute approximate surface area is 59.4 Å². The summed E-state index contributed by atoms with van der Waals surface area (Å²) in [7, 11) is 2.45. The molecule has 0 aromatic carbocycles. The average Bonchev–Trinajstić information content (AvgIpc) is 1.62. The number of ketones is 1. The fourth-order valence-corrected chi connectivity index (χ4v) is 0.808. The molecule has 0 amide bonds. The molecular weight excluding hydrogens is 131 g/mol. The van der Waals surface area contributed by atoms with E-state index < -0.39 is 0 Å². The van der Waals surface area contributed by atoms with E-state index >= 15 is 0 Å². The van der Waals surface area contributed by atoms with E-state index in [0.717, 1.165) is 0 Å². The summed E-state index contributed by atoms with van der Waals surface area (Å²) in [6.45, 7) is 6.22. The van der Waals surface area contributed by atoms with Gasteiger partial charge in [-0.2, -0.15) is 0 Å². The molecule has 0 rings (SSSR count). The Bertz CT molecular complexity index is 102. The molecule has 0 aliphatic heterocycles. The minimum absolute atomic E-state index is 0.160. The van der Waals surface area contributed by atoms with E-state index in [2.05, 4.69) is 30.0 Å². The number of carbonyl (C=O) groups is 1. The van der Waals surface area contributed by atoms with Gasteiger partial charge in [0.15, 0.2) is 0 Å². The highest BCUT2D eigenvalue weighted by atomic mass is 31.0. The van der Waals surface area contributed by atoms with Crippen molar-refractivity contribution in [3.05, 3.63) is 0 Å². The van der Waals surface area contributed by atoms with Crippen LogP contribution in [0.4, 0.5) is 0 Å². The van der Waals surface area contributed by atoms with Crippen LogP contribution in [0.1, 0.15) is 27.2 Å². The third kappa shape index (κ3) is 5.98. The van der Waals surface area contributed by atoms with Gasteiger partial charge in [0.05, 0.1) is 0 Å². The van der Waals surface area contributed by atoms with Gasteiger partial charge in [0.25, 0.3) is 0 Å². The molecule has 0 aromatic rings. The molecule has 0 saturated carbocycles. The number of Topliss-reactive ketones (excluding diaryl/α,β-unsaturated/α-hetero) is 1. The molecule has 0 heterocycles. The molecule has 1 atom stereocenters. The summed E-state index contributed by atoms with van der Waals surface area (Å²) < 4.78 is 0. The van der Waals surface area contributed by atoms with Crippen molar-refractivity contribution in [3.8, 4) is 0 Å². The number of rotatable bonds is 2. The van der Waals surface area contributed by atoms with Crippen LogP contribution in [-0.2, 0) is 4.79 Å². The highest BCUT2D eigenvalue weighted by Crippen LogP contribution is 2.18. The highest BCUT2D eigenvalue weighted by molar-refractivity contribution is 7.18. The van der Waals surface area contributed by atoms with Crippen LogP contribution < -0.4 is 0 Å². The van der Waals surface area contributed by atoms with Crippen molar-refractivity contribution in [2.75, 3.05) is 6.16 Å². The van der Waals surface area contributed by atoms with Crippen LogP contribution in [0.5, 0.6) is 0 Å². The molecule has 54 valence electrons. The van der Waals surface area contributed by atoms with E-state index in [1.807, 2.05) is 0 Å². The van der Waals surface area contributed by atoms with Crippen molar-refractivity contribution < 1.29 is 4.79 Å². The molecule has 0 saturated heterocycles. The zero-order valence-corrected chi connectivity index (χ0v) is 7.55. The number of hydrogen-bond donors (Lipinski definition) is 0. The molecule has 0 N–H and O–H groups in total. The maximum atomic E-state index is 10.8. The van der Waals surface area contributed by atoms with Crippen molar-refractivity contribution >= 4 is 15.0 Å². The largest absolute Gasteiger partial charge is 0.299 e. The van der Waals surface area contributed by atoms with Crippen molar-refractivity contribution in [1.82, 2.24) is 0 Å². The van der Waals surface area contributed by atoms with E-state index in [9.17, 15) is 4.79 Å². The zero-order valence-electron chi connectivity index (χ0n) is 6.40. The third-order valence-corrected chi connectivity index (χ3v) is 1.41. The first-order chi connectivity index (χ1) is 3.95. The van der Waals surface area contributed by atoms with Gasteiger partial charge in [0.1, 0.15) is 5.78 Å². The summed E-state index contributed by atoms with van der Waals surface area (Å²) in [6, 6.07) is 0. The standard InChI is InChI=1S/C7H15OP/c1-7(2,3)4-6(8)5-9/h4-5,9H2,1-3H3. The molecular formula is C7H15OP. The van der Waals surface area contributed by atoms with Crippen molar-refractivity contribution in [2.24, 2.45) is 5.41 Å². The van der Waals surface area contributed by atoms with Gasteiger partial charge in [-0.3, -0.25) is 4.79 Å². The van der Waals surface area contributed by atoms with Crippen LogP contribution in [0.25, 0.3) is 0 Å². The van der Waals surface area contributed by atoms with E-state index in [0.29, 0.717) is 18.4 Å². The van der Waals surface area contributed by atoms with Gasteiger partial charge < -0.3 is 0 Å². The quantitative estimate of drug-likeness (QED) is 0.543. The first kappa shape index (κ1) is 9.10. The van der Waals surface area contributed by atoms with Gasteiger partial charge in [0, 0.05) is 12.6 Å². The molecule has 2 heteroatoms. The van der Waals surface area contributed by atoms with Crippen molar-refractivity contribution in [3.63, 3.8) is 0 Å². The third-order valence-electron chi connectivity index (χ3n) is 0.955. The van der Waals surface area contributed by atoms with Crippen LogP contribution in [0, 0.1) is 5.41 Å². The minimum atomic E-state index is 0.160. The summed E-state index contributed by atoms with van der Waals surface area (Å²) in [5.41, 5.74) is 0.160. The van der Waals surface area contributed by atoms with Gasteiger partial charge in [-0.05, 0) is 5.41 Å². The molecule has 9 heavy (non-hydrogen) atoms. The summed E-state index contributed by atoms with van der Waals surface area (Å²) in [4.78, 5) is 10.8. The number of carbonyl (C=O) groups excluding carboxylic acids is 1. The zero-order chi connectivity index (χ0) is 7.49. The Morgan fingerprint density at radius 2 is 1.89 bits per heavy atom. The second-order valence-electron chi connectivity index (χ2n) is 3.48. The predicted octanol–water partition coefficient (Wildman–Crippen LogP) is 1.87. The minimum Gasteiger partial charge on any atom is -0.299 e. The van der Waals surface area contributed by atoms with E-state index in [1.54, 1.807) is 0 Å². The summed E-state index contributed by atoms with van der Waals surface area (Å²) in [6.07, 6.45) is 1.29. The van der Waals surface area contributed by atoms with Crippen molar-refractivity contribution in [2.45, 2.75) is 27.2 Å². The summed E-state index contributed by atoms with van der Waals surface area (Å²) in [5, 5.41) is 0. The summed E-state index contributed by atoms with van der Waals surface area (Å²) >= 11 is 0. The average molecular weight is 146 g/mol.